The van der Waals surface area contributed by atoms with Crippen LogP contribution < -0.4 is 0 Å². The number of carbonyl (C=O) groups is 1. The van der Waals surface area contributed by atoms with Crippen molar-refractivity contribution >= 4 is 16.0 Å². The molecule has 116 valence electrons. The fourth-order valence-electron chi connectivity index (χ4n) is 2.35. The van der Waals surface area contributed by atoms with Crippen LogP contribution in [0.5, 0.6) is 0 Å². The normalized spacial score (nSPS) is 20.4. The van der Waals surface area contributed by atoms with Crippen molar-refractivity contribution in [3.8, 4) is 0 Å². The minimum atomic E-state index is -3.88. The van der Waals surface area contributed by atoms with Crippen molar-refractivity contribution in [2.24, 2.45) is 0 Å². The molecule has 6 nitrogen and oxygen atoms in total. The molecule has 0 aromatic heterocycles. The van der Waals surface area contributed by atoms with Crippen molar-refractivity contribution in [2.45, 2.75) is 24.3 Å². The molecule has 1 saturated heterocycles. The molecule has 21 heavy (non-hydrogen) atoms. The molecule has 8 heteroatoms. The number of hydrogen-bond donors (Lipinski definition) is 1. The fourth-order valence-corrected chi connectivity index (χ4v) is 4.15. The number of aliphatic carboxylic acids is 1. The van der Waals surface area contributed by atoms with Gasteiger partial charge in [0.25, 0.3) is 0 Å². The SMILES string of the molecule is Cc1cc(F)ccc1S(=O)(=O)N1CCOCC1CC(=O)O. The van der Waals surface area contributed by atoms with Crippen molar-refractivity contribution in [1.29, 1.82) is 0 Å². The van der Waals surface area contributed by atoms with Gasteiger partial charge in [0.2, 0.25) is 10.0 Å². The van der Waals surface area contributed by atoms with Crippen LogP contribution in [0.2, 0.25) is 0 Å². The molecule has 0 amide bonds. The number of carboxylic acids is 1. The van der Waals surface area contributed by atoms with E-state index in [0.29, 0.717) is 0 Å². The molecule has 0 aliphatic carbocycles. The Labute approximate surface area is 122 Å². The van der Waals surface area contributed by atoms with E-state index in [1.165, 1.54) is 13.0 Å². The first-order valence-electron chi connectivity index (χ1n) is 6.40. The topological polar surface area (TPSA) is 83.9 Å². The molecule has 1 aromatic carbocycles. The van der Waals surface area contributed by atoms with E-state index >= 15 is 0 Å². The van der Waals surface area contributed by atoms with Gasteiger partial charge < -0.3 is 9.84 Å². The van der Waals surface area contributed by atoms with Gasteiger partial charge in [-0.25, -0.2) is 12.8 Å². The first kappa shape index (κ1) is 15.9. The summed E-state index contributed by atoms with van der Waals surface area (Å²) in [6.45, 7) is 1.82. The van der Waals surface area contributed by atoms with Gasteiger partial charge in [0.1, 0.15) is 5.82 Å². The molecular weight excluding hydrogens is 301 g/mol. The number of benzene rings is 1. The summed E-state index contributed by atoms with van der Waals surface area (Å²) in [7, 11) is -3.88. The number of nitrogens with zero attached hydrogens (tertiary/aromatic N) is 1. The summed E-state index contributed by atoms with van der Waals surface area (Å²) in [5.74, 6) is -1.61. The maximum Gasteiger partial charge on any atom is 0.305 e. The molecule has 1 atom stereocenters. The van der Waals surface area contributed by atoms with Gasteiger partial charge in [-0.3, -0.25) is 4.79 Å². The second-order valence-corrected chi connectivity index (χ2v) is 6.71. The first-order valence-corrected chi connectivity index (χ1v) is 7.84. The average molecular weight is 317 g/mol. The van der Waals surface area contributed by atoms with Gasteiger partial charge in [-0.2, -0.15) is 4.31 Å². The number of carboxylic acid groups (broad SMARTS) is 1. The third-order valence-corrected chi connectivity index (χ3v) is 5.42. The Balaban J connectivity index is 2.38. The van der Waals surface area contributed by atoms with Crippen LogP contribution in [0.15, 0.2) is 23.1 Å². The Morgan fingerprint density at radius 2 is 2.24 bits per heavy atom. The van der Waals surface area contributed by atoms with Crippen molar-refractivity contribution in [3.63, 3.8) is 0 Å². The van der Waals surface area contributed by atoms with Gasteiger partial charge >= 0.3 is 5.97 Å². The molecule has 1 N–H and O–H groups in total. The summed E-state index contributed by atoms with van der Waals surface area (Å²) in [4.78, 5) is 10.8. The van der Waals surface area contributed by atoms with E-state index in [1.807, 2.05) is 0 Å². The van der Waals surface area contributed by atoms with Gasteiger partial charge in [0.15, 0.2) is 0 Å². The maximum absolute atomic E-state index is 13.1. The second-order valence-electron chi connectivity index (χ2n) is 4.85. The standard InChI is InChI=1S/C13H16FNO5S/c1-9-6-10(14)2-3-12(9)21(18,19)15-4-5-20-8-11(15)7-13(16)17/h2-3,6,11H,4-5,7-8H2,1H3,(H,16,17). The Hall–Kier alpha value is -1.51. The second kappa shape index (κ2) is 6.08. The number of halogens is 1. The van der Waals surface area contributed by atoms with Crippen LogP contribution in [-0.4, -0.2) is 49.6 Å². The summed E-state index contributed by atoms with van der Waals surface area (Å²) >= 11 is 0. The molecule has 0 spiro atoms. The average Bonchev–Trinajstić information content (AvgIpc) is 2.37. The highest BCUT2D eigenvalue weighted by molar-refractivity contribution is 7.89. The number of sulfonamides is 1. The predicted molar refractivity (Wildman–Crippen MR) is 71.9 cm³/mol. The van der Waals surface area contributed by atoms with Crippen LogP contribution in [0.3, 0.4) is 0 Å². The van der Waals surface area contributed by atoms with Crippen molar-refractivity contribution in [2.75, 3.05) is 19.8 Å². The zero-order chi connectivity index (χ0) is 15.6. The number of aryl methyl sites for hydroxylation is 1. The summed E-state index contributed by atoms with van der Waals surface area (Å²) < 4.78 is 44.7. The Kier molecular flexibility index (Phi) is 4.60. The molecule has 2 rings (SSSR count). The maximum atomic E-state index is 13.1. The Morgan fingerprint density at radius 1 is 1.52 bits per heavy atom. The van der Waals surface area contributed by atoms with E-state index in [1.54, 1.807) is 0 Å². The van der Waals surface area contributed by atoms with E-state index in [-0.39, 0.29) is 36.6 Å². The molecule has 0 bridgehead atoms. The molecule has 1 aromatic rings. The third kappa shape index (κ3) is 3.39. The fraction of sp³-hybridized carbons (Fsp3) is 0.462. The molecule has 1 heterocycles. The monoisotopic (exact) mass is 317 g/mol. The molecular formula is C13H16FNO5S. The minimum Gasteiger partial charge on any atom is -0.481 e. The molecule has 1 fully saturated rings. The van der Waals surface area contributed by atoms with Gasteiger partial charge in [0, 0.05) is 6.54 Å². The van der Waals surface area contributed by atoms with Crippen LogP contribution >= 0.6 is 0 Å². The van der Waals surface area contributed by atoms with Crippen molar-refractivity contribution in [1.82, 2.24) is 4.31 Å². The lowest BCUT2D eigenvalue weighted by molar-refractivity contribution is -0.139. The van der Waals surface area contributed by atoms with Crippen LogP contribution in [0, 0.1) is 12.7 Å². The highest BCUT2D eigenvalue weighted by Gasteiger charge is 2.36. The van der Waals surface area contributed by atoms with Gasteiger partial charge in [-0.05, 0) is 30.7 Å². The van der Waals surface area contributed by atoms with E-state index in [9.17, 15) is 17.6 Å². The largest absolute Gasteiger partial charge is 0.481 e. The third-order valence-electron chi connectivity index (χ3n) is 3.31. The highest BCUT2D eigenvalue weighted by Crippen LogP contribution is 2.25. The zero-order valence-electron chi connectivity index (χ0n) is 11.5. The number of hydrogen-bond acceptors (Lipinski definition) is 4. The van der Waals surface area contributed by atoms with E-state index < -0.39 is 27.9 Å². The first-order chi connectivity index (χ1) is 9.82. The van der Waals surface area contributed by atoms with Crippen molar-refractivity contribution < 1.29 is 27.4 Å². The van der Waals surface area contributed by atoms with E-state index in [2.05, 4.69) is 0 Å². The zero-order valence-corrected chi connectivity index (χ0v) is 12.3. The predicted octanol–water partition coefficient (Wildman–Crippen LogP) is 0.998. The summed E-state index contributed by atoms with van der Waals surface area (Å²) in [5, 5.41) is 8.88. The lowest BCUT2D eigenvalue weighted by Gasteiger charge is -2.34. The smallest absolute Gasteiger partial charge is 0.305 e. The number of ether oxygens (including phenoxy) is 1. The lowest BCUT2D eigenvalue weighted by Crippen LogP contribution is -2.49. The van der Waals surface area contributed by atoms with E-state index in [0.717, 1.165) is 16.4 Å². The van der Waals surface area contributed by atoms with Crippen LogP contribution in [0.1, 0.15) is 12.0 Å². The Morgan fingerprint density at radius 3 is 2.86 bits per heavy atom. The van der Waals surface area contributed by atoms with Gasteiger partial charge in [0.05, 0.1) is 30.6 Å². The quantitative estimate of drug-likeness (QED) is 0.895. The molecule has 1 unspecified atom stereocenters. The minimum absolute atomic E-state index is 0.0128. The molecule has 1 aliphatic rings. The van der Waals surface area contributed by atoms with Crippen LogP contribution in [0.25, 0.3) is 0 Å². The number of rotatable bonds is 4. The molecule has 0 radical (unpaired) electrons. The lowest BCUT2D eigenvalue weighted by atomic mass is 10.2. The summed E-state index contributed by atoms with van der Waals surface area (Å²) in [5.41, 5.74) is 0.288. The molecule has 1 aliphatic heterocycles. The molecule has 0 saturated carbocycles. The van der Waals surface area contributed by atoms with Gasteiger partial charge in [-0.15, -0.1) is 0 Å². The van der Waals surface area contributed by atoms with E-state index in [4.69, 9.17) is 9.84 Å². The number of morpholine rings is 1. The summed E-state index contributed by atoms with van der Waals surface area (Å²) in [6.07, 6.45) is -0.334. The highest BCUT2D eigenvalue weighted by atomic mass is 32.2. The van der Waals surface area contributed by atoms with Crippen molar-refractivity contribution in [3.05, 3.63) is 29.6 Å². The van der Waals surface area contributed by atoms with Crippen LogP contribution in [0.4, 0.5) is 4.39 Å². The summed E-state index contributed by atoms with van der Waals surface area (Å²) in [6, 6.07) is 2.66. The Bertz CT molecular complexity index is 646. The van der Waals surface area contributed by atoms with Crippen LogP contribution in [-0.2, 0) is 19.6 Å². The van der Waals surface area contributed by atoms with Gasteiger partial charge in [-0.1, -0.05) is 0 Å².